The summed E-state index contributed by atoms with van der Waals surface area (Å²) in [6.45, 7) is 2.21. The van der Waals surface area contributed by atoms with Gasteiger partial charge in [-0.3, -0.25) is 9.59 Å². The molecule has 0 unspecified atom stereocenters. The number of rotatable bonds is 4. The molecule has 0 atom stereocenters. The first-order chi connectivity index (χ1) is 9.19. The van der Waals surface area contributed by atoms with Crippen LogP contribution in [0.3, 0.4) is 0 Å². The van der Waals surface area contributed by atoms with Crippen LogP contribution in [0.15, 0.2) is 24.3 Å². The normalized spacial score (nSPS) is 14.5. The van der Waals surface area contributed by atoms with Gasteiger partial charge in [0.05, 0.1) is 13.0 Å². The molecule has 0 saturated carbocycles. The number of hydrogen-bond acceptors (Lipinski definition) is 3. The van der Waals surface area contributed by atoms with E-state index in [-0.39, 0.29) is 5.97 Å². The van der Waals surface area contributed by atoms with Gasteiger partial charge in [0.1, 0.15) is 5.78 Å². The summed E-state index contributed by atoms with van der Waals surface area (Å²) in [4.78, 5) is 22.5. The maximum atomic E-state index is 11.4. The minimum atomic E-state index is -0.206. The van der Waals surface area contributed by atoms with E-state index in [2.05, 4.69) is 6.07 Å². The lowest BCUT2D eigenvalue weighted by Gasteiger charge is -2.15. The van der Waals surface area contributed by atoms with Crippen LogP contribution in [-0.4, -0.2) is 18.4 Å². The van der Waals surface area contributed by atoms with Crippen molar-refractivity contribution >= 4 is 17.8 Å². The molecule has 0 aromatic heterocycles. The molecule has 3 heteroatoms. The molecular weight excluding hydrogens is 240 g/mol. The number of esters is 1. The standard InChI is InChI=1S/C16H18O3/c1-2-19-16(18)5-3-4-12-6-7-14-11-15(17)9-8-13(14)10-12/h3-4,6-7,10H,2,5,8-9,11H2,1H3. The molecule has 1 aromatic carbocycles. The summed E-state index contributed by atoms with van der Waals surface area (Å²) >= 11 is 0. The first-order valence-electron chi connectivity index (χ1n) is 6.64. The molecule has 0 saturated heterocycles. The average molecular weight is 258 g/mol. The van der Waals surface area contributed by atoms with Gasteiger partial charge in [-0.15, -0.1) is 0 Å². The van der Waals surface area contributed by atoms with Gasteiger partial charge >= 0.3 is 5.97 Å². The van der Waals surface area contributed by atoms with Gasteiger partial charge in [0.25, 0.3) is 0 Å². The van der Waals surface area contributed by atoms with E-state index in [1.54, 1.807) is 6.92 Å². The van der Waals surface area contributed by atoms with Crippen LogP contribution in [0.5, 0.6) is 0 Å². The molecular formula is C16H18O3. The average Bonchev–Trinajstić information content (AvgIpc) is 2.39. The van der Waals surface area contributed by atoms with Crippen molar-refractivity contribution in [3.8, 4) is 0 Å². The highest BCUT2D eigenvalue weighted by atomic mass is 16.5. The van der Waals surface area contributed by atoms with Crippen molar-refractivity contribution in [1.82, 2.24) is 0 Å². The van der Waals surface area contributed by atoms with Gasteiger partial charge in [-0.25, -0.2) is 0 Å². The zero-order valence-electron chi connectivity index (χ0n) is 11.1. The smallest absolute Gasteiger partial charge is 0.309 e. The van der Waals surface area contributed by atoms with E-state index >= 15 is 0 Å². The van der Waals surface area contributed by atoms with E-state index in [1.165, 1.54) is 5.56 Å². The highest BCUT2D eigenvalue weighted by Gasteiger charge is 2.14. The Balaban J connectivity index is 2.00. The minimum Gasteiger partial charge on any atom is -0.466 e. The topological polar surface area (TPSA) is 43.4 Å². The molecule has 2 rings (SSSR count). The summed E-state index contributed by atoms with van der Waals surface area (Å²) in [5, 5.41) is 0. The fourth-order valence-electron chi connectivity index (χ4n) is 2.24. The Bertz CT molecular complexity index is 515. The SMILES string of the molecule is CCOC(=O)CC=Cc1ccc2c(c1)CCC(=O)C2. The number of carbonyl (C=O) groups is 2. The zero-order chi connectivity index (χ0) is 13.7. The maximum absolute atomic E-state index is 11.4. The van der Waals surface area contributed by atoms with Crippen LogP contribution < -0.4 is 0 Å². The van der Waals surface area contributed by atoms with Crippen molar-refractivity contribution in [2.24, 2.45) is 0 Å². The number of aryl methyl sites for hydroxylation is 1. The van der Waals surface area contributed by atoms with Gasteiger partial charge in [0.2, 0.25) is 0 Å². The lowest BCUT2D eigenvalue weighted by Crippen LogP contribution is -2.13. The van der Waals surface area contributed by atoms with Crippen LogP contribution in [0, 0.1) is 0 Å². The molecule has 0 radical (unpaired) electrons. The van der Waals surface area contributed by atoms with E-state index in [9.17, 15) is 9.59 Å². The first kappa shape index (κ1) is 13.5. The quantitative estimate of drug-likeness (QED) is 0.780. The Morgan fingerprint density at radius 1 is 1.32 bits per heavy atom. The van der Waals surface area contributed by atoms with Crippen molar-refractivity contribution < 1.29 is 14.3 Å². The monoisotopic (exact) mass is 258 g/mol. The van der Waals surface area contributed by atoms with Crippen LogP contribution in [-0.2, 0) is 27.2 Å². The molecule has 100 valence electrons. The van der Waals surface area contributed by atoms with Crippen LogP contribution in [0.25, 0.3) is 6.08 Å². The van der Waals surface area contributed by atoms with Crippen LogP contribution >= 0.6 is 0 Å². The highest BCUT2D eigenvalue weighted by molar-refractivity contribution is 5.83. The third-order valence-corrected chi connectivity index (χ3v) is 3.19. The Hall–Kier alpha value is -1.90. The van der Waals surface area contributed by atoms with Crippen LogP contribution in [0.1, 0.15) is 36.5 Å². The number of Topliss-reactive ketones (excluding diaryl/α,β-unsaturated/α-hetero) is 1. The van der Waals surface area contributed by atoms with Gasteiger partial charge in [-0.1, -0.05) is 30.4 Å². The van der Waals surface area contributed by atoms with Crippen molar-refractivity contribution in [3.05, 3.63) is 41.0 Å². The molecule has 19 heavy (non-hydrogen) atoms. The van der Waals surface area contributed by atoms with Crippen molar-refractivity contribution in [2.45, 2.75) is 32.6 Å². The molecule has 0 spiro atoms. The summed E-state index contributed by atoms with van der Waals surface area (Å²) in [7, 11) is 0. The summed E-state index contributed by atoms with van der Waals surface area (Å²) in [6.07, 6.45) is 6.06. The second kappa shape index (κ2) is 6.32. The summed E-state index contributed by atoms with van der Waals surface area (Å²) in [6, 6.07) is 6.10. The van der Waals surface area contributed by atoms with Gasteiger partial charge in [-0.05, 0) is 30.0 Å². The van der Waals surface area contributed by atoms with Crippen LogP contribution in [0.2, 0.25) is 0 Å². The van der Waals surface area contributed by atoms with E-state index in [1.807, 2.05) is 24.3 Å². The number of fused-ring (bicyclic) bond motifs is 1. The molecule has 0 amide bonds. The minimum absolute atomic E-state index is 0.206. The first-order valence-corrected chi connectivity index (χ1v) is 6.64. The molecule has 0 fully saturated rings. The van der Waals surface area contributed by atoms with Gasteiger partial charge < -0.3 is 4.74 Å². The maximum Gasteiger partial charge on any atom is 0.309 e. The molecule has 0 aliphatic heterocycles. The lowest BCUT2D eigenvalue weighted by atomic mass is 9.89. The largest absolute Gasteiger partial charge is 0.466 e. The molecule has 0 heterocycles. The Morgan fingerprint density at radius 3 is 2.95 bits per heavy atom. The lowest BCUT2D eigenvalue weighted by molar-refractivity contribution is -0.142. The molecule has 3 nitrogen and oxygen atoms in total. The van der Waals surface area contributed by atoms with E-state index in [0.29, 0.717) is 31.7 Å². The number of carbonyl (C=O) groups excluding carboxylic acids is 2. The fraction of sp³-hybridized carbons (Fsp3) is 0.375. The van der Waals surface area contributed by atoms with Crippen molar-refractivity contribution in [2.75, 3.05) is 6.61 Å². The predicted molar refractivity (Wildman–Crippen MR) is 73.8 cm³/mol. The fourth-order valence-corrected chi connectivity index (χ4v) is 2.24. The summed E-state index contributed by atoms with van der Waals surface area (Å²) in [5.74, 6) is 0.111. The van der Waals surface area contributed by atoms with E-state index in [4.69, 9.17) is 4.74 Å². The molecule has 1 aliphatic carbocycles. The third-order valence-electron chi connectivity index (χ3n) is 3.19. The van der Waals surface area contributed by atoms with Gasteiger partial charge in [-0.2, -0.15) is 0 Å². The molecule has 1 aliphatic rings. The number of ketones is 1. The second-order valence-electron chi connectivity index (χ2n) is 4.66. The molecule has 0 N–H and O–H groups in total. The van der Waals surface area contributed by atoms with Gasteiger partial charge in [0, 0.05) is 12.8 Å². The summed E-state index contributed by atoms with van der Waals surface area (Å²) < 4.78 is 4.85. The second-order valence-corrected chi connectivity index (χ2v) is 4.66. The zero-order valence-corrected chi connectivity index (χ0v) is 11.1. The van der Waals surface area contributed by atoms with Crippen molar-refractivity contribution in [1.29, 1.82) is 0 Å². The summed E-state index contributed by atoms with van der Waals surface area (Å²) in [5.41, 5.74) is 3.45. The van der Waals surface area contributed by atoms with Crippen molar-refractivity contribution in [3.63, 3.8) is 0 Å². The third kappa shape index (κ3) is 3.78. The number of ether oxygens (including phenoxy) is 1. The number of hydrogen-bond donors (Lipinski definition) is 0. The van der Waals surface area contributed by atoms with E-state index in [0.717, 1.165) is 17.5 Å². The molecule has 1 aromatic rings. The highest BCUT2D eigenvalue weighted by Crippen LogP contribution is 2.21. The van der Waals surface area contributed by atoms with E-state index < -0.39 is 0 Å². The Kier molecular flexibility index (Phi) is 4.50. The molecule has 0 bridgehead atoms. The predicted octanol–water partition coefficient (Wildman–Crippen LogP) is 2.71. The number of benzene rings is 1. The van der Waals surface area contributed by atoms with Crippen LogP contribution in [0.4, 0.5) is 0 Å². The Labute approximate surface area is 113 Å². The van der Waals surface area contributed by atoms with Gasteiger partial charge in [0.15, 0.2) is 0 Å². The Morgan fingerprint density at radius 2 is 2.16 bits per heavy atom.